The van der Waals surface area contributed by atoms with Gasteiger partial charge in [-0.2, -0.15) is 0 Å². The van der Waals surface area contributed by atoms with Gasteiger partial charge < -0.3 is 18.9 Å². The van der Waals surface area contributed by atoms with Crippen molar-refractivity contribution in [2.75, 3.05) is 21.3 Å². The lowest BCUT2D eigenvalue weighted by molar-refractivity contribution is 0.0475. The molecule has 4 rings (SSSR count). The Morgan fingerprint density at radius 2 is 1.59 bits per heavy atom. The van der Waals surface area contributed by atoms with E-state index in [2.05, 4.69) is 0 Å². The second kappa shape index (κ2) is 10.2. The number of nitrogens with zero attached hydrogens (tertiary/aromatic N) is 1. The minimum absolute atomic E-state index is 0.00496. The van der Waals surface area contributed by atoms with E-state index in [9.17, 15) is 4.79 Å². The molecule has 0 amide bonds. The smallest absolute Gasteiger partial charge is 0.339 e. The van der Waals surface area contributed by atoms with Crippen molar-refractivity contribution < 1.29 is 23.7 Å². The van der Waals surface area contributed by atoms with Crippen molar-refractivity contribution in [2.45, 2.75) is 6.61 Å². The molecule has 0 saturated heterocycles. The summed E-state index contributed by atoms with van der Waals surface area (Å²) in [6, 6.07) is 17.6. The van der Waals surface area contributed by atoms with Gasteiger partial charge in [0.1, 0.15) is 6.61 Å². The number of para-hydroxylation sites is 1. The molecule has 1 aromatic heterocycles. The van der Waals surface area contributed by atoms with Crippen LogP contribution in [0.25, 0.3) is 22.2 Å². The first-order chi connectivity index (χ1) is 16.4. The number of pyridine rings is 1. The minimum Gasteiger partial charge on any atom is -0.493 e. The van der Waals surface area contributed by atoms with Crippen molar-refractivity contribution in [3.05, 3.63) is 81.8 Å². The van der Waals surface area contributed by atoms with Crippen LogP contribution in [-0.2, 0) is 11.3 Å². The number of esters is 1. The van der Waals surface area contributed by atoms with Crippen LogP contribution in [0.4, 0.5) is 0 Å². The normalized spacial score (nSPS) is 10.7. The van der Waals surface area contributed by atoms with Crippen LogP contribution in [0.2, 0.25) is 10.0 Å². The molecule has 0 atom stereocenters. The molecule has 0 aliphatic heterocycles. The van der Waals surface area contributed by atoms with Crippen LogP contribution in [0, 0.1) is 0 Å². The Hall–Kier alpha value is -3.48. The molecule has 0 radical (unpaired) electrons. The summed E-state index contributed by atoms with van der Waals surface area (Å²) in [5.74, 6) is 0.925. The first kappa shape index (κ1) is 23.7. The zero-order valence-corrected chi connectivity index (χ0v) is 20.2. The van der Waals surface area contributed by atoms with Crippen LogP contribution in [0.15, 0.2) is 60.7 Å². The summed E-state index contributed by atoms with van der Waals surface area (Å²) in [6.07, 6.45) is 0. The Morgan fingerprint density at radius 1 is 0.882 bits per heavy atom. The number of rotatable bonds is 7. The molecule has 6 nitrogen and oxygen atoms in total. The quantitative estimate of drug-likeness (QED) is 0.268. The lowest BCUT2D eigenvalue weighted by Gasteiger charge is -2.15. The number of fused-ring (bicyclic) bond motifs is 1. The minimum atomic E-state index is -0.502. The van der Waals surface area contributed by atoms with Gasteiger partial charge in [0, 0.05) is 26.6 Å². The maximum absolute atomic E-state index is 13.2. The van der Waals surface area contributed by atoms with Gasteiger partial charge in [-0.15, -0.1) is 0 Å². The molecular formula is C26H21Cl2NO5. The van der Waals surface area contributed by atoms with Crippen molar-refractivity contribution >= 4 is 40.1 Å². The van der Waals surface area contributed by atoms with Gasteiger partial charge in [-0.1, -0.05) is 47.5 Å². The molecule has 0 N–H and O–H groups in total. The summed E-state index contributed by atoms with van der Waals surface area (Å²) in [7, 11) is 4.62. The standard InChI is InChI=1S/C26H21Cl2NO5/c1-31-23-10-16(11-24(32-2)25(23)33-3)22-13-19(18-6-4-5-7-21(18)29-22)26(30)34-14-15-8-9-17(27)12-20(15)28/h4-13H,14H2,1-3H3. The highest BCUT2D eigenvalue weighted by Gasteiger charge is 2.19. The fourth-order valence-corrected chi connectivity index (χ4v) is 4.04. The van der Waals surface area contributed by atoms with E-state index in [4.69, 9.17) is 47.1 Å². The molecule has 1 heterocycles. The number of hydrogen-bond acceptors (Lipinski definition) is 6. The van der Waals surface area contributed by atoms with Gasteiger partial charge in [-0.3, -0.25) is 0 Å². The van der Waals surface area contributed by atoms with Crippen molar-refractivity contribution in [1.29, 1.82) is 0 Å². The van der Waals surface area contributed by atoms with Crippen molar-refractivity contribution in [1.82, 2.24) is 4.98 Å². The summed E-state index contributed by atoms with van der Waals surface area (Å²) in [5, 5.41) is 1.61. The predicted molar refractivity (Wildman–Crippen MR) is 132 cm³/mol. The van der Waals surface area contributed by atoms with E-state index in [1.54, 1.807) is 50.6 Å². The first-order valence-electron chi connectivity index (χ1n) is 10.3. The third-order valence-corrected chi connectivity index (χ3v) is 5.86. The highest BCUT2D eigenvalue weighted by atomic mass is 35.5. The van der Waals surface area contributed by atoms with Crippen LogP contribution in [0.1, 0.15) is 15.9 Å². The average molecular weight is 498 g/mol. The van der Waals surface area contributed by atoms with Crippen LogP contribution >= 0.6 is 23.2 Å². The lowest BCUT2D eigenvalue weighted by Crippen LogP contribution is -2.07. The number of methoxy groups -OCH3 is 3. The maximum atomic E-state index is 13.2. The SMILES string of the molecule is COc1cc(-c2cc(C(=O)OCc3ccc(Cl)cc3Cl)c3ccccc3n2)cc(OC)c1OC. The van der Waals surface area contributed by atoms with E-state index < -0.39 is 5.97 Å². The molecule has 0 unspecified atom stereocenters. The van der Waals surface area contributed by atoms with Gasteiger partial charge in [0.2, 0.25) is 5.75 Å². The van der Waals surface area contributed by atoms with Crippen LogP contribution < -0.4 is 14.2 Å². The molecule has 0 fully saturated rings. The molecule has 8 heteroatoms. The zero-order chi connectivity index (χ0) is 24.2. The monoisotopic (exact) mass is 497 g/mol. The summed E-state index contributed by atoms with van der Waals surface area (Å²) in [6.45, 7) is 0.00496. The van der Waals surface area contributed by atoms with Crippen molar-refractivity contribution in [3.63, 3.8) is 0 Å². The topological polar surface area (TPSA) is 66.9 Å². The maximum Gasteiger partial charge on any atom is 0.339 e. The van der Waals surface area contributed by atoms with E-state index in [-0.39, 0.29) is 6.61 Å². The van der Waals surface area contributed by atoms with Gasteiger partial charge in [-0.25, -0.2) is 9.78 Å². The van der Waals surface area contributed by atoms with Crippen LogP contribution in [-0.4, -0.2) is 32.3 Å². The zero-order valence-electron chi connectivity index (χ0n) is 18.7. The Balaban J connectivity index is 1.76. The first-order valence-corrected chi connectivity index (χ1v) is 11.0. The van der Waals surface area contributed by atoms with Gasteiger partial charge in [0.25, 0.3) is 0 Å². The molecule has 34 heavy (non-hydrogen) atoms. The molecular weight excluding hydrogens is 477 g/mol. The van der Waals surface area contributed by atoms with Gasteiger partial charge in [0.15, 0.2) is 11.5 Å². The van der Waals surface area contributed by atoms with Gasteiger partial charge in [-0.05, 0) is 36.4 Å². The molecule has 0 aliphatic carbocycles. The predicted octanol–water partition coefficient (Wildman–Crippen LogP) is 6.59. The molecule has 174 valence electrons. The second-order valence-electron chi connectivity index (χ2n) is 7.30. The van der Waals surface area contributed by atoms with E-state index in [1.165, 1.54) is 7.11 Å². The third-order valence-electron chi connectivity index (χ3n) is 5.27. The lowest BCUT2D eigenvalue weighted by atomic mass is 10.0. The highest BCUT2D eigenvalue weighted by Crippen LogP contribution is 2.41. The number of halogens is 2. The summed E-state index contributed by atoms with van der Waals surface area (Å²) >= 11 is 12.2. The number of benzene rings is 3. The summed E-state index contributed by atoms with van der Waals surface area (Å²) < 4.78 is 21.9. The largest absolute Gasteiger partial charge is 0.493 e. The summed E-state index contributed by atoms with van der Waals surface area (Å²) in [4.78, 5) is 17.9. The Bertz CT molecular complexity index is 1350. The van der Waals surface area contributed by atoms with E-state index in [0.29, 0.717) is 60.6 Å². The molecule has 0 spiro atoms. The van der Waals surface area contributed by atoms with Gasteiger partial charge >= 0.3 is 5.97 Å². The fourth-order valence-electron chi connectivity index (χ4n) is 3.58. The van der Waals surface area contributed by atoms with Crippen LogP contribution in [0.3, 0.4) is 0 Å². The van der Waals surface area contributed by atoms with Gasteiger partial charge in [0.05, 0.1) is 38.1 Å². The van der Waals surface area contributed by atoms with E-state index in [0.717, 1.165) is 0 Å². The van der Waals surface area contributed by atoms with E-state index >= 15 is 0 Å². The fraction of sp³-hybridized carbons (Fsp3) is 0.154. The Kier molecular flexibility index (Phi) is 7.10. The number of carbonyl (C=O) groups excluding carboxylic acids is 1. The molecule has 4 aromatic rings. The van der Waals surface area contributed by atoms with Crippen molar-refractivity contribution in [3.8, 4) is 28.5 Å². The molecule has 0 bridgehead atoms. The molecule has 0 saturated carbocycles. The average Bonchev–Trinajstić information content (AvgIpc) is 2.86. The third kappa shape index (κ3) is 4.74. The van der Waals surface area contributed by atoms with Crippen molar-refractivity contribution in [2.24, 2.45) is 0 Å². The number of hydrogen-bond donors (Lipinski definition) is 0. The summed E-state index contributed by atoms with van der Waals surface area (Å²) in [5.41, 5.74) is 2.91. The highest BCUT2D eigenvalue weighted by molar-refractivity contribution is 6.35. The number of aromatic nitrogens is 1. The Labute approximate surface area is 206 Å². The van der Waals surface area contributed by atoms with E-state index in [1.807, 2.05) is 24.3 Å². The molecule has 0 aliphatic rings. The number of ether oxygens (including phenoxy) is 4. The van der Waals surface area contributed by atoms with Crippen LogP contribution in [0.5, 0.6) is 17.2 Å². The number of carbonyl (C=O) groups is 1. The molecule has 3 aromatic carbocycles. The second-order valence-corrected chi connectivity index (χ2v) is 8.14. The Morgan fingerprint density at radius 3 is 2.24 bits per heavy atom.